The first-order valence-electron chi connectivity index (χ1n) is 10.6. The molecular weight excluding hydrogens is 440 g/mol. The fraction of sp³-hybridized carbons (Fsp3) is 0.650. The van der Waals surface area contributed by atoms with Gasteiger partial charge in [0.25, 0.3) is 0 Å². The van der Waals surface area contributed by atoms with Gasteiger partial charge in [0.1, 0.15) is 0 Å². The molecule has 3 unspecified atom stereocenters. The first-order chi connectivity index (χ1) is 14.9. The lowest BCUT2D eigenvalue weighted by molar-refractivity contribution is -0.136. The minimum atomic E-state index is -3.56. The molecule has 1 aromatic rings. The van der Waals surface area contributed by atoms with Crippen LogP contribution in [0.4, 0.5) is 0 Å². The first-order valence-corrected chi connectivity index (χ1v) is 13.0. The van der Waals surface area contributed by atoms with E-state index in [1.54, 1.807) is 6.20 Å². The maximum atomic E-state index is 13.3. The number of carbonyl (C=O) groups excluding carboxylic acids is 1. The van der Waals surface area contributed by atoms with Gasteiger partial charge >= 0.3 is 5.97 Å². The zero-order valence-corrected chi connectivity index (χ0v) is 18.9. The van der Waals surface area contributed by atoms with Crippen LogP contribution in [0.3, 0.4) is 0 Å². The summed E-state index contributed by atoms with van der Waals surface area (Å²) < 4.78 is 34.5. The molecule has 0 aromatic carbocycles. The molecule has 0 radical (unpaired) electrons. The van der Waals surface area contributed by atoms with Crippen molar-refractivity contribution in [2.75, 3.05) is 20.2 Å². The summed E-state index contributed by atoms with van der Waals surface area (Å²) in [5, 5.41) is 12.2. The number of nitrogens with one attached hydrogen (secondary N) is 1. The van der Waals surface area contributed by atoms with E-state index < -0.39 is 27.3 Å². The van der Waals surface area contributed by atoms with Gasteiger partial charge in [-0.2, -0.15) is 0 Å². The topological polar surface area (TPSA) is 121 Å². The number of fused-ring (bicyclic) bond motifs is 3. The maximum absolute atomic E-state index is 13.3. The number of hydrogen-bond acceptors (Lipinski definition) is 9. The van der Waals surface area contributed by atoms with Crippen molar-refractivity contribution in [3.63, 3.8) is 0 Å². The Morgan fingerprint density at radius 1 is 1.32 bits per heavy atom. The summed E-state index contributed by atoms with van der Waals surface area (Å²) in [6.45, 7) is 0.579. The van der Waals surface area contributed by atoms with E-state index in [1.807, 2.05) is 10.3 Å². The van der Waals surface area contributed by atoms with E-state index in [2.05, 4.69) is 14.7 Å². The second-order valence-corrected chi connectivity index (χ2v) is 11.5. The Kier molecular flexibility index (Phi) is 5.40. The highest BCUT2D eigenvalue weighted by Crippen LogP contribution is 2.46. The molecule has 9 nitrogen and oxygen atoms in total. The molecule has 2 aliphatic carbocycles. The molecule has 4 aliphatic rings. The van der Waals surface area contributed by atoms with Crippen LogP contribution in [0.25, 0.3) is 0 Å². The van der Waals surface area contributed by atoms with Gasteiger partial charge in [-0.25, -0.2) is 22.9 Å². The Bertz CT molecular complexity index is 1020. The molecule has 1 saturated heterocycles. The zero-order valence-electron chi connectivity index (χ0n) is 17.2. The van der Waals surface area contributed by atoms with E-state index in [4.69, 9.17) is 4.74 Å². The van der Waals surface area contributed by atoms with Crippen LogP contribution in [-0.2, 0) is 19.6 Å². The number of aromatic nitrogens is 1. The second-order valence-electron chi connectivity index (χ2n) is 8.76. The summed E-state index contributed by atoms with van der Waals surface area (Å²) in [6.07, 6.45) is 4.51. The van der Waals surface area contributed by atoms with Crippen LogP contribution in [-0.4, -0.2) is 72.8 Å². The largest absolute Gasteiger partial charge is 0.466 e. The van der Waals surface area contributed by atoms with Crippen molar-refractivity contribution in [2.45, 2.75) is 49.5 Å². The lowest BCUT2D eigenvalue weighted by Crippen LogP contribution is -2.48. The minimum Gasteiger partial charge on any atom is -0.466 e. The van der Waals surface area contributed by atoms with Gasteiger partial charge in [0, 0.05) is 36.3 Å². The number of aliphatic hydroxyl groups excluding tert-OH is 1. The second kappa shape index (κ2) is 7.95. The van der Waals surface area contributed by atoms with Crippen LogP contribution in [0, 0.1) is 11.8 Å². The van der Waals surface area contributed by atoms with Gasteiger partial charge in [-0.15, -0.1) is 11.3 Å². The van der Waals surface area contributed by atoms with Gasteiger partial charge in [0.15, 0.2) is 10.8 Å². The van der Waals surface area contributed by atoms with Gasteiger partial charge in [-0.3, -0.25) is 4.99 Å². The van der Waals surface area contributed by atoms with Crippen molar-refractivity contribution in [3.8, 4) is 0 Å². The number of thiazole rings is 1. The van der Waals surface area contributed by atoms with Gasteiger partial charge in [-0.05, 0) is 37.5 Å². The highest BCUT2D eigenvalue weighted by molar-refractivity contribution is 7.90. The average Bonchev–Trinajstić information content (AvgIpc) is 3.45. The molecule has 2 saturated carbocycles. The van der Waals surface area contributed by atoms with Crippen molar-refractivity contribution < 1.29 is 23.1 Å². The Balaban J connectivity index is 1.39. The molecule has 168 valence electrons. The molecule has 31 heavy (non-hydrogen) atoms. The highest BCUT2D eigenvalue weighted by atomic mass is 32.2. The van der Waals surface area contributed by atoms with E-state index in [9.17, 15) is 18.3 Å². The van der Waals surface area contributed by atoms with Crippen molar-refractivity contribution in [1.29, 1.82) is 0 Å². The first kappa shape index (κ1) is 21.0. The molecule has 0 amide bonds. The quantitative estimate of drug-likeness (QED) is 0.618. The van der Waals surface area contributed by atoms with Crippen LogP contribution in [0.1, 0.15) is 37.1 Å². The van der Waals surface area contributed by atoms with Crippen molar-refractivity contribution in [1.82, 2.24) is 14.6 Å². The minimum absolute atomic E-state index is 0.00697. The predicted molar refractivity (Wildman–Crippen MR) is 115 cm³/mol. The lowest BCUT2D eigenvalue weighted by Gasteiger charge is -2.33. The summed E-state index contributed by atoms with van der Waals surface area (Å²) in [7, 11) is -2.23. The summed E-state index contributed by atoms with van der Waals surface area (Å²) in [6, 6.07) is -0.367. The van der Waals surface area contributed by atoms with Gasteiger partial charge in [0.05, 0.1) is 30.6 Å². The Hall–Kier alpha value is -1.82. The average molecular weight is 467 g/mol. The molecule has 2 N–H and O–H groups in total. The molecule has 11 heteroatoms. The van der Waals surface area contributed by atoms with Gasteiger partial charge in [-0.1, -0.05) is 0 Å². The number of amidine groups is 1. The maximum Gasteiger partial charge on any atom is 0.337 e. The fourth-order valence-electron chi connectivity index (χ4n) is 5.73. The van der Waals surface area contributed by atoms with Crippen molar-refractivity contribution >= 4 is 33.2 Å². The number of sulfonamides is 1. The predicted octanol–water partition coefficient (Wildman–Crippen LogP) is 0.874. The van der Waals surface area contributed by atoms with E-state index >= 15 is 0 Å². The Morgan fingerprint density at radius 2 is 2.06 bits per heavy atom. The van der Waals surface area contributed by atoms with E-state index in [0.717, 1.165) is 23.5 Å². The molecule has 3 atom stereocenters. The Morgan fingerprint density at radius 3 is 2.71 bits per heavy atom. The third-order valence-electron chi connectivity index (χ3n) is 6.89. The highest BCUT2D eigenvalue weighted by Gasteiger charge is 2.50. The number of nitrogens with zero attached hydrogens (tertiary/aromatic N) is 3. The molecular formula is C20H26N4O5S2. The van der Waals surface area contributed by atoms with Crippen LogP contribution >= 0.6 is 11.3 Å². The number of ether oxygens (including phenoxy) is 1. The van der Waals surface area contributed by atoms with Crippen LogP contribution < -0.4 is 4.72 Å². The molecule has 0 spiro atoms. The monoisotopic (exact) mass is 466 g/mol. The van der Waals surface area contributed by atoms with E-state index in [0.29, 0.717) is 37.2 Å². The normalized spacial score (nSPS) is 32.8. The molecule has 1 aromatic heterocycles. The SMILES string of the molecule is COC(=O)C1=C2CC(NS(=O)(=O)C3C4CCC3CC(O)C4)CN2C(c2nccs2)=NC1. The van der Waals surface area contributed by atoms with Crippen LogP contribution in [0.5, 0.6) is 0 Å². The summed E-state index contributed by atoms with van der Waals surface area (Å²) >= 11 is 1.46. The van der Waals surface area contributed by atoms with E-state index in [1.165, 1.54) is 18.4 Å². The van der Waals surface area contributed by atoms with Crippen LogP contribution in [0.2, 0.25) is 0 Å². The smallest absolute Gasteiger partial charge is 0.337 e. The number of methoxy groups -OCH3 is 1. The zero-order chi connectivity index (χ0) is 21.8. The molecule has 5 rings (SSSR count). The third-order valence-corrected chi connectivity index (χ3v) is 9.81. The summed E-state index contributed by atoms with van der Waals surface area (Å²) in [4.78, 5) is 23.1. The number of carbonyl (C=O) groups is 1. The molecule has 2 bridgehead atoms. The number of aliphatic hydroxyl groups is 1. The molecule has 3 heterocycles. The summed E-state index contributed by atoms with van der Waals surface area (Å²) in [5.41, 5.74) is 1.21. The van der Waals surface area contributed by atoms with Gasteiger partial charge < -0.3 is 14.7 Å². The lowest BCUT2D eigenvalue weighted by atomic mass is 9.86. The number of hydrogen-bond donors (Lipinski definition) is 2. The van der Waals surface area contributed by atoms with Crippen molar-refractivity contribution in [2.24, 2.45) is 16.8 Å². The number of aliphatic imine (C=N–C) groups is 1. The fourth-order valence-corrected chi connectivity index (χ4v) is 8.67. The summed E-state index contributed by atoms with van der Waals surface area (Å²) in [5.74, 6) is 0.241. The van der Waals surface area contributed by atoms with E-state index in [-0.39, 0.29) is 24.4 Å². The molecule has 3 fully saturated rings. The van der Waals surface area contributed by atoms with Gasteiger partial charge in [0.2, 0.25) is 10.0 Å². The Labute approximate surface area is 185 Å². The standard InChI is InChI=1S/C20H26N4O5S2/c1-29-20(26)15-9-22-18(19-21-4-5-30-19)24-10-13(8-16(15)24)23-31(27,28)17-11-2-3-12(17)7-14(25)6-11/h4-5,11-14,17,23,25H,2-3,6-10H2,1H3. The number of esters is 1. The third kappa shape index (κ3) is 3.71. The van der Waals surface area contributed by atoms with Crippen LogP contribution in [0.15, 0.2) is 27.8 Å². The molecule has 2 aliphatic heterocycles. The number of rotatable bonds is 5. The van der Waals surface area contributed by atoms with Crippen molar-refractivity contribution in [3.05, 3.63) is 27.9 Å².